The molecule has 1 atom stereocenters. The average molecular weight is 397 g/mol. The van der Waals surface area contributed by atoms with E-state index in [0.29, 0.717) is 6.42 Å². The first-order valence-corrected chi connectivity index (χ1v) is 9.77. The van der Waals surface area contributed by atoms with Crippen molar-refractivity contribution < 1.29 is 18.7 Å². The SMILES string of the molecule is O=C(COC(=O)CCc1ccc(F)cc1)N[C@H](c1ccccc1)c1cccs1. The summed E-state index contributed by atoms with van der Waals surface area (Å²) in [7, 11) is 0. The molecule has 0 unspecified atom stereocenters. The third kappa shape index (κ3) is 5.76. The van der Waals surface area contributed by atoms with Crippen molar-refractivity contribution in [3.63, 3.8) is 0 Å². The summed E-state index contributed by atoms with van der Waals surface area (Å²) in [5, 5.41) is 4.87. The highest BCUT2D eigenvalue weighted by Crippen LogP contribution is 2.25. The van der Waals surface area contributed by atoms with Crippen molar-refractivity contribution in [2.45, 2.75) is 18.9 Å². The molecule has 28 heavy (non-hydrogen) atoms. The first-order chi connectivity index (χ1) is 13.6. The Morgan fingerprint density at radius 3 is 2.43 bits per heavy atom. The van der Waals surface area contributed by atoms with Gasteiger partial charge in [-0.2, -0.15) is 0 Å². The summed E-state index contributed by atoms with van der Waals surface area (Å²) in [5.74, 6) is -1.15. The maximum absolute atomic E-state index is 12.9. The summed E-state index contributed by atoms with van der Waals surface area (Å²) >= 11 is 1.55. The third-order valence-electron chi connectivity index (χ3n) is 4.16. The van der Waals surface area contributed by atoms with Crippen LogP contribution in [0.5, 0.6) is 0 Å². The number of rotatable bonds is 8. The molecule has 1 heterocycles. The van der Waals surface area contributed by atoms with Crippen LogP contribution >= 0.6 is 11.3 Å². The summed E-state index contributed by atoms with van der Waals surface area (Å²) in [5.41, 5.74) is 1.80. The molecule has 0 aliphatic carbocycles. The number of nitrogens with one attached hydrogen (secondary N) is 1. The molecule has 0 fully saturated rings. The molecule has 0 saturated heterocycles. The Labute approximate surface area is 167 Å². The number of hydrogen-bond acceptors (Lipinski definition) is 4. The van der Waals surface area contributed by atoms with E-state index in [1.807, 2.05) is 47.8 Å². The summed E-state index contributed by atoms with van der Waals surface area (Å²) in [6.07, 6.45) is 0.564. The van der Waals surface area contributed by atoms with Crippen LogP contribution in [0.25, 0.3) is 0 Å². The molecular formula is C22H20FNO3S. The second kappa shape index (κ2) is 9.80. The van der Waals surface area contributed by atoms with E-state index in [9.17, 15) is 14.0 Å². The number of amides is 1. The summed E-state index contributed by atoms with van der Waals surface area (Å²) in [4.78, 5) is 25.2. The van der Waals surface area contributed by atoms with Gasteiger partial charge < -0.3 is 10.1 Å². The van der Waals surface area contributed by atoms with Crippen LogP contribution < -0.4 is 5.32 Å². The van der Waals surface area contributed by atoms with E-state index in [0.717, 1.165) is 16.0 Å². The minimum absolute atomic E-state index is 0.131. The van der Waals surface area contributed by atoms with Crippen LogP contribution in [0.15, 0.2) is 72.1 Å². The van der Waals surface area contributed by atoms with Crippen LogP contribution in [-0.4, -0.2) is 18.5 Å². The number of halogens is 1. The zero-order chi connectivity index (χ0) is 19.8. The monoisotopic (exact) mass is 397 g/mol. The Morgan fingerprint density at radius 2 is 1.75 bits per heavy atom. The van der Waals surface area contributed by atoms with Crippen LogP contribution in [0.4, 0.5) is 4.39 Å². The van der Waals surface area contributed by atoms with Crippen LogP contribution in [-0.2, 0) is 20.7 Å². The Hall–Kier alpha value is -2.99. The van der Waals surface area contributed by atoms with Gasteiger partial charge in [-0.15, -0.1) is 11.3 Å². The lowest BCUT2D eigenvalue weighted by Gasteiger charge is -2.18. The third-order valence-corrected chi connectivity index (χ3v) is 5.10. The van der Waals surface area contributed by atoms with Gasteiger partial charge in [0, 0.05) is 11.3 Å². The lowest BCUT2D eigenvalue weighted by molar-refractivity contribution is -0.148. The zero-order valence-corrected chi connectivity index (χ0v) is 16.0. The van der Waals surface area contributed by atoms with Gasteiger partial charge in [-0.25, -0.2) is 4.39 Å². The number of thiophene rings is 1. The Balaban J connectivity index is 1.50. The number of carbonyl (C=O) groups excluding carboxylic acids is 2. The topological polar surface area (TPSA) is 55.4 Å². The minimum atomic E-state index is -0.466. The fourth-order valence-electron chi connectivity index (χ4n) is 2.74. The van der Waals surface area contributed by atoms with E-state index in [2.05, 4.69) is 5.32 Å². The van der Waals surface area contributed by atoms with Gasteiger partial charge in [0.1, 0.15) is 5.82 Å². The molecule has 0 aliphatic heterocycles. The van der Waals surface area contributed by atoms with E-state index in [-0.39, 0.29) is 30.8 Å². The normalized spacial score (nSPS) is 11.6. The van der Waals surface area contributed by atoms with Crippen LogP contribution in [0, 0.1) is 5.82 Å². The number of esters is 1. The smallest absolute Gasteiger partial charge is 0.306 e. The summed E-state index contributed by atoms with van der Waals surface area (Å²) in [6, 6.07) is 19.2. The number of benzene rings is 2. The number of aryl methyl sites for hydroxylation is 1. The molecule has 2 aromatic carbocycles. The first-order valence-electron chi connectivity index (χ1n) is 8.89. The molecule has 3 rings (SSSR count). The van der Waals surface area contributed by atoms with Gasteiger partial charge in [-0.3, -0.25) is 9.59 Å². The molecular weight excluding hydrogens is 377 g/mol. The van der Waals surface area contributed by atoms with Gasteiger partial charge >= 0.3 is 5.97 Å². The number of ether oxygens (including phenoxy) is 1. The van der Waals surface area contributed by atoms with Crippen molar-refractivity contribution in [3.05, 3.63) is 93.9 Å². The van der Waals surface area contributed by atoms with E-state index in [1.54, 1.807) is 23.5 Å². The average Bonchev–Trinajstić information content (AvgIpc) is 3.25. The fraction of sp³-hybridized carbons (Fsp3) is 0.182. The fourth-order valence-corrected chi connectivity index (χ4v) is 3.54. The van der Waals surface area contributed by atoms with Crippen LogP contribution in [0.2, 0.25) is 0 Å². The number of hydrogen-bond donors (Lipinski definition) is 1. The van der Waals surface area contributed by atoms with E-state index >= 15 is 0 Å². The van der Waals surface area contributed by atoms with Crippen molar-refractivity contribution in [1.82, 2.24) is 5.32 Å². The Kier molecular flexibility index (Phi) is 6.92. The predicted octanol–water partition coefficient (Wildman–Crippen LogP) is 4.27. The molecule has 3 aromatic rings. The quantitative estimate of drug-likeness (QED) is 0.578. The van der Waals surface area contributed by atoms with Crippen molar-refractivity contribution in [2.75, 3.05) is 6.61 Å². The second-order valence-corrected chi connectivity index (χ2v) is 7.19. The minimum Gasteiger partial charge on any atom is -0.456 e. The highest BCUT2D eigenvalue weighted by molar-refractivity contribution is 7.10. The van der Waals surface area contributed by atoms with Crippen molar-refractivity contribution in [3.8, 4) is 0 Å². The Bertz CT molecular complexity index is 895. The van der Waals surface area contributed by atoms with Gasteiger partial charge in [0.15, 0.2) is 6.61 Å². The van der Waals surface area contributed by atoms with Crippen LogP contribution in [0.1, 0.15) is 28.5 Å². The largest absolute Gasteiger partial charge is 0.456 e. The first kappa shape index (κ1) is 19.8. The molecule has 6 heteroatoms. The maximum Gasteiger partial charge on any atom is 0.306 e. The second-order valence-electron chi connectivity index (χ2n) is 6.21. The van der Waals surface area contributed by atoms with Gasteiger partial charge in [0.25, 0.3) is 5.91 Å². The molecule has 0 saturated carbocycles. The lowest BCUT2D eigenvalue weighted by Crippen LogP contribution is -2.32. The van der Waals surface area contributed by atoms with Crippen molar-refractivity contribution >= 4 is 23.2 Å². The van der Waals surface area contributed by atoms with Crippen LogP contribution in [0.3, 0.4) is 0 Å². The molecule has 0 bridgehead atoms. The maximum atomic E-state index is 12.9. The molecule has 1 amide bonds. The van der Waals surface area contributed by atoms with Crippen molar-refractivity contribution in [2.24, 2.45) is 0 Å². The highest BCUT2D eigenvalue weighted by atomic mass is 32.1. The molecule has 1 aromatic heterocycles. The molecule has 4 nitrogen and oxygen atoms in total. The molecule has 0 spiro atoms. The van der Waals surface area contributed by atoms with Gasteiger partial charge in [-0.1, -0.05) is 48.5 Å². The Morgan fingerprint density at radius 1 is 1.00 bits per heavy atom. The van der Waals surface area contributed by atoms with Gasteiger partial charge in [-0.05, 0) is 41.1 Å². The molecule has 1 N–H and O–H groups in total. The van der Waals surface area contributed by atoms with E-state index in [1.165, 1.54) is 12.1 Å². The highest BCUT2D eigenvalue weighted by Gasteiger charge is 2.18. The molecule has 0 radical (unpaired) electrons. The number of carbonyl (C=O) groups is 2. The summed E-state index contributed by atoms with van der Waals surface area (Å²) < 4.78 is 18.0. The van der Waals surface area contributed by atoms with Gasteiger partial charge in [0.2, 0.25) is 0 Å². The molecule has 144 valence electrons. The van der Waals surface area contributed by atoms with E-state index < -0.39 is 5.97 Å². The van der Waals surface area contributed by atoms with E-state index in [4.69, 9.17) is 4.74 Å². The van der Waals surface area contributed by atoms with Gasteiger partial charge in [0.05, 0.1) is 6.04 Å². The lowest BCUT2D eigenvalue weighted by atomic mass is 10.1. The van der Waals surface area contributed by atoms with Crippen molar-refractivity contribution in [1.29, 1.82) is 0 Å². The predicted molar refractivity (Wildman–Crippen MR) is 106 cm³/mol. The standard InChI is InChI=1S/C22H20FNO3S/c23-18-11-8-16(9-12-18)10-13-21(26)27-15-20(25)24-22(19-7-4-14-28-19)17-5-2-1-3-6-17/h1-9,11-12,14,22H,10,13,15H2,(H,24,25)/t22-/m1/s1. The molecule has 0 aliphatic rings. The summed E-state index contributed by atoms with van der Waals surface area (Å²) in [6.45, 7) is -0.336. The zero-order valence-electron chi connectivity index (χ0n) is 15.1.